The Morgan fingerprint density at radius 3 is 2.77 bits per heavy atom. The van der Waals surface area contributed by atoms with Crippen LogP contribution in [-0.2, 0) is 16.0 Å². The van der Waals surface area contributed by atoms with E-state index in [0.717, 1.165) is 25.1 Å². The summed E-state index contributed by atoms with van der Waals surface area (Å²) in [6, 6.07) is 10.2. The fourth-order valence-corrected chi connectivity index (χ4v) is 2.92. The van der Waals surface area contributed by atoms with Crippen LogP contribution in [0.4, 0.5) is 5.69 Å². The maximum Gasteiger partial charge on any atom is 0.266 e. The first-order valence-corrected chi connectivity index (χ1v) is 7.63. The standard InChI is InChI=1S/C17H19N3O2/c18-12-15(17(21)19-8-10-22-11-9-19)13-20-7-3-5-14-4-1-2-6-16(14)20/h1-2,4,6,13H,3,5,7-11H2/b15-13-. The van der Waals surface area contributed by atoms with Crippen molar-refractivity contribution in [3.8, 4) is 6.07 Å². The Kier molecular flexibility index (Phi) is 4.40. The Bertz CT molecular complexity index is 627. The van der Waals surface area contributed by atoms with Gasteiger partial charge in [0.2, 0.25) is 0 Å². The van der Waals surface area contributed by atoms with E-state index in [2.05, 4.69) is 12.1 Å². The average molecular weight is 297 g/mol. The zero-order valence-corrected chi connectivity index (χ0v) is 12.5. The summed E-state index contributed by atoms with van der Waals surface area (Å²) in [5.74, 6) is -0.200. The van der Waals surface area contributed by atoms with Gasteiger partial charge >= 0.3 is 0 Å². The number of rotatable bonds is 2. The molecule has 0 radical (unpaired) electrons. The molecule has 3 rings (SSSR count). The van der Waals surface area contributed by atoms with Crippen molar-refractivity contribution in [3.63, 3.8) is 0 Å². The molecule has 0 saturated carbocycles. The van der Waals surface area contributed by atoms with E-state index in [1.165, 1.54) is 5.56 Å². The Balaban J connectivity index is 1.83. The largest absolute Gasteiger partial charge is 0.378 e. The lowest BCUT2D eigenvalue weighted by Gasteiger charge is -2.30. The number of benzene rings is 1. The molecular formula is C17H19N3O2. The van der Waals surface area contributed by atoms with Crippen LogP contribution in [0.1, 0.15) is 12.0 Å². The second-order valence-corrected chi connectivity index (χ2v) is 5.48. The average Bonchev–Trinajstić information content (AvgIpc) is 2.60. The molecule has 1 aromatic rings. The van der Waals surface area contributed by atoms with Gasteiger partial charge in [-0.3, -0.25) is 4.79 Å². The van der Waals surface area contributed by atoms with Gasteiger partial charge in [-0.15, -0.1) is 0 Å². The van der Waals surface area contributed by atoms with Crippen molar-refractivity contribution in [1.29, 1.82) is 5.26 Å². The van der Waals surface area contributed by atoms with E-state index in [9.17, 15) is 10.1 Å². The quantitative estimate of drug-likeness (QED) is 0.616. The van der Waals surface area contributed by atoms with E-state index in [1.54, 1.807) is 11.1 Å². The smallest absolute Gasteiger partial charge is 0.266 e. The first-order chi connectivity index (χ1) is 10.8. The molecule has 0 bridgehead atoms. The molecule has 0 aromatic heterocycles. The molecule has 5 heteroatoms. The fourth-order valence-electron chi connectivity index (χ4n) is 2.92. The van der Waals surface area contributed by atoms with E-state index >= 15 is 0 Å². The molecule has 5 nitrogen and oxygen atoms in total. The van der Waals surface area contributed by atoms with Crippen LogP contribution in [0.3, 0.4) is 0 Å². The number of aryl methyl sites for hydroxylation is 1. The number of morpholine rings is 1. The van der Waals surface area contributed by atoms with Crippen LogP contribution < -0.4 is 4.90 Å². The highest BCUT2D eigenvalue weighted by atomic mass is 16.5. The van der Waals surface area contributed by atoms with E-state index < -0.39 is 0 Å². The molecule has 22 heavy (non-hydrogen) atoms. The number of anilines is 1. The summed E-state index contributed by atoms with van der Waals surface area (Å²) in [6.45, 7) is 3.01. The first kappa shape index (κ1) is 14.6. The van der Waals surface area contributed by atoms with Crippen LogP contribution >= 0.6 is 0 Å². The van der Waals surface area contributed by atoms with Gasteiger partial charge in [-0.25, -0.2) is 0 Å². The van der Waals surface area contributed by atoms with Crippen LogP contribution in [0, 0.1) is 11.3 Å². The van der Waals surface area contributed by atoms with Crippen molar-refractivity contribution >= 4 is 11.6 Å². The van der Waals surface area contributed by atoms with Crippen molar-refractivity contribution < 1.29 is 9.53 Å². The van der Waals surface area contributed by atoms with Gasteiger partial charge in [0.1, 0.15) is 11.6 Å². The molecule has 2 aliphatic heterocycles. The maximum atomic E-state index is 12.5. The first-order valence-electron chi connectivity index (χ1n) is 7.63. The predicted octanol–water partition coefficient (Wildman–Crippen LogP) is 1.71. The van der Waals surface area contributed by atoms with Gasteiger partial charge in [0.25, 0.3) is 5.91 Å². The van der Waals surface area contributed by atoms with Crippen molar-refractivity contribution in [2.24, 2.45) is 0 Å². The molecule has 2 aliphatic rings. The third-order valence-corrected chi connectivity index (χ3v) is 4.08. The molecule has 0 spiro atoms. The van der Waals surface area contributed by atoms with Crippen LogP contribution in [0.5, 0.6) is 0 Å². The third kappa shape index (κ3) is 2.97. The van der Waals surface area contributed by atoms with Crippen molar-refractivity contribution in [2.45, 2.75) is 12.8 Å². The number of hydrogen-bond acceptors (Lipinski definition) is 4. The van der Waals surface area contributed by atoms with Crippen LogP contribution in [-0.4, -0.2) is 43.7 Å². The summed E-state index contributed by atoms with van der Waals surface area (Å²) in [5.41, 5.74) is 2.55. The Morgan fingerprint density at radius 2 is 2.00 bits per heavy atom. The number of para-hydroxylation sites is 1. The summed E-state index contributed by atoms with van der Waals surface area (Å²) in [7, 11) is 0. The molecule has 0 N–H and O–H groups in total. The van der Waals surface area contributed by atoms with Gasteiger partial charge in [0.05, 0.1) is 13.2 Å². The summed E-state index contributed by atoms with van der Waals surface area (Å²) in [5, 5.41) is 9.38. The van der Waals surface area contributed by atoms with Crippen molar-refractivity contribution in [1.82, 2.24) is 4.90 Å². The second-order valence-electron chi connectivity index (χ2n) is 5.48. The predicted molar refractivity (Wildman–Crippen MR) is 83.2 cm³/mol. The lowest BCUT2D eigenvalue weighted by atomic mass is 10.0. The minimum atomic E-state index is -0.200. The summed E-state index contributed by atoms with van der Waals surface area (Å²) in [6.07, 6.45) is 3.77. The maximum absolute atomic E-state index is 12.5. The number of carbonyl (C=O) groups is 1. The Hall–Kier alpha value is -2.32. The zero-order chi connectivity index (χ0) is 15.4. The highest BCUT2D eigenvalue weighted by Crippen LogP contribution is 2.27. The Labute approximate surface area is 130 Å². The molecule has 0 atom stereocenters. The molecule has 1 fully saturated rings. The molecule has 0 unspecified atom stereocenters. The highest BCUT2D eigenvalue weighted by Gasteiger charge is 2.22. The normalized spacial score (nSPS) is 18.6. The van der Waals surface area contributed by atoms with E-state index in [1.807, 2.05) is 23.1 Å². The lowest BCUT2D eigenvalue weighted by molar-refractivity contribution is -0.130. The van der Waals surface area contributed by atoms with E-state index in [-0.39, 0.29) is 11.5 Å². The summed E-state index contributed by atoms with van der Waals surface area (Å²) < 4.78 is 5.25. The fraction of sp³-hybridized carbons (Fsp3) is 0.412. The van der Waals surface area contributed by atoms with Crippen LogP contribution in [0.2, 0.25) is 0 Å². The lowest BCUT2D eigenvalue weighted by Crippen LogP contribution is -2.41. The molecule has 1 amide bonds. The van der Waals surface area contributed by atoms with Crippen LogP contribution in [0.15, 0.2) is 36.0 Å². The van der Waals surface area contributed by atoms with Gasteiger partial charge < -0.3 is 14.5 Å². The summed E-state index contributed by atoms with van der Waals surface area (Å²) in [4.78, 5) is 16.2. The van der Waals surface area contributed by atoms with E-state index in [4.69, 9.17) is 4.74 Å². The monoisotopic (exact) mass is 297 g/mol. The molecular weight excluding hydrogens is 278 g/mol. The van der Waals surface area contributed by atoms with Gasteiger partial charge in [0.15, 0.2) is 0 Å². The van der Waals surface area contributed by atoms with Gasteiger partial charge in [-0.2, -0.15) is 5.26 Å². The molecule has 1 aromatic carbocycles. The van der Waals surface area contributed by atoms with E-state index in [0.29, 0.717) is 26.3 Å². The number of nitriles is 1. The number of fused-ring (bicyclic) bond motifs is 1. The van der Waals surface area contributed by atoms with Gasteiger partial charge in [-0.1, -0.05) is 18.2 Å². The summed E-state index contributed by atoms with van der Waals surface area (Å²) >= 11 is 0. The Morgan fingerprint density at radius 1 is 1.23 bits per heavy atom. The molecule has 1 saturated heterocycles. The third-order valence-electron chi connectivity index (χ3n) is 4.08. The number of amides is 1. The number of nitrogens with zero attached hydrogens (tertiary/aromatic N) is 3. The topological polar surface area (TPSA) is 56.6 Å². The molecule has 114 valence electrons. The SMILES string of the molecule is N#C/C(=C/N1CCCc2ccccc21)C(=O)N1CCOCC1. The molecule has 0 aliphatic carbocycles. The minimum Gasteiger partial charge on any atom is -0.378 e. The number of hydrogen-bond donors (Lipinski definition) is 0. The number of ether oxygens (including phenoxy) is 1. The van der Waals surface area contributed by atoms with Crippen molar-refractivity contribution in [3.05, 3.63) is 41.6 Å². The highest BCUT2D eigenvalue weighted by molar-refractivity contribution is 5.97. The van der Waals surface area contributed by atoms with Crippen molar-refractivity contribution in [2.75, 3.05) is 37.7 Å². The minimum absolute atomic E-state index is 0.193. The second kappa shape index (κ2) is 6.63. The van der Waals surface area contributed by atoms with Gasteiger partial charge in [-0.05, 0) is 24.5 Å². The molecule has 2 heterocycles. The number of carbonyl (C=O) groups excluding carboxylic acids is 1. The van der Waals surface area contributed by atoms with Crippen LogP contribution in [0.25, 0.3) is 0 Å². The van der Waals surface area contributed by atoms with Gasteiger partial charge in [0, 0.05) is 31.5 Å². The zero-order valence-electron chi connectivity index (χ0n) is 12.5.